The van der Waals surface area contributed by atoms with Gasteiger partial charge in [0.1, 0.15) is 0 Å². The van der Waals surface area contributed by atoms with Crippen molar-refractivity contribution in [2.45, 2.75) is 46.5 Å². The van der Waals surface area contributed by atoms with E-state index in [0.29, 0.717) is 5.41 Å². The molecule has 4 rings (SSSR count). The minimum absolute atomic E-state index is 0.153. The zero-order valence-electron chi connectivity index (χ0n) is 15.4. The van der Waals surface area contributed by atoms with Gasteiger partial charge < -0.3 is 0 Å². The molecule has 0 nitrogen and oxygen atoms in total. The van der Waals surface area contributed by atoms with Crippen molar-refractivity contribution in [3.8, 4) is 0 Å². The van der Waals surface area contributed by atoms with E-state index in [2.05, 4.69) is 89.2 Å². The number of hydrogen-bond donors (Lipinski definition) is 0. The van der Waals surface area contributed by atoms with E-state index in [0.717, 1.165) is 0 Å². The molecule has 4 aromatic carbocycles. The van der Waals surface area contributed by atoms with E-state index < -0.39 is 0 Å². The van der Waals surface area contributed by atoms with E-state index in [1.54, 1.807) is 0 Å². The standard InChI is InChI=1S/C24H26/c1-23(2,3)15-24(4,5)20-14-12-18-10-9-16-7-6-8-17-11-13-19(20)22(18)21(16)17/h6-14H,15H2,1-5H3. The van der Waals surface area contributed by atoms with Crippen molar-refractivity contribution in [2.24, 2.45) is 5.41 Å². The first kappa shape index (κ1) is 15.4. The molecule has 0 radical (unpaired) electrons. The lowest BCUT2D eigenvalue weighted by Gasteiger charge is -2.34. The lowest BCUT2D eigenvalue weighted by Crippen LogP contribution is -2.25. The van der Waals surface area contributed by atoms with Crippen LogP contribution in [0.3, 0.4) is 0 Å². The van der Waals surface area contributed by atoms with Crippen LogP contribution in [0, 0.1) is 5.41 Å². The summed E-state index contributed by atoms with van der Waals surface area (Å²) in [5.41, 5.74) is 1.94. The Morgan fingerprint density at radius 2 is 1.17 bits per heavy atom. The van der Waals surface area contributed by atoms with Gasteiger partial charge in [-0.25, -0.2) is 0 Å². The second-order valence-corrected chi connectivity index (χ2v) is 9.09. The summed E-state index contributed by atoms with van der Waals surface area (Å²) in [7, 11) is 0. The maximum absolute atomic E-state index is 2.39. The normalized spacial score (nSPS) is 13.4. The van der Waals surface area contributed by atoms with Crippen LogP contribution in [0.4, 0.5) is 0 Å². The predicted molar refractivity (Wildman–Crippen MR) is 107 cm³/mol. The summed E-state index contributed by atoms with van der Waals surface area (Å²) in [5.74, 6) is 0. The van der Waals surface area contributed by atoms with Crippen LogP contribution in [-0.2, 0) is 5.41 Å². The van der Waals surface area contributed by atoms with Gasteiger partial charge >= 0.3 is 0 Å². The Morgan fingerprint density at radius 3 is 1.79 bits per heavy atom. The Balaban J connectivity index is 2.08. The van der Waals surface area contributed by atoms with Crippen LogP contribution in [-0.4, -0.2) is 0 Å². The summed E-state index contributed by atoms with van der Waals surface area (Å²) < 4.78 is 0. The van der Waals surface area contributed by atoms with Gasteiger partial charge in [0, 0.05) is 0 Å². The second-order valence-electron chi connectivity index (χ2n) is 9.09. The molecule has 4 aromatic rings. The zero-order chi connectivity index (χ0) is 17.1. The van der Waals surface area contributed by atoms with Crippen molar-refractivity contribution in [1.29, 1.82) is 0 Å². The molecule has 0 heterocycles. The topological polar surface area (TPSA) is 0 Å². The van der Waals surface area contributed by atoms with Crippen molar-refractivity contribution in [2.75, 3.05) is 0 Å². The molecule has 0 aliphatic carbocycles. The molecule has 0 aromatic heterocycles. The van der Waals surface area contributed by atoms with Gasteiger partial charge in [-0.3, -0.25) is 0 Å². The lowest BCUT2D eigenvalue weighted by molar-refractivity contribution is 0.285. The Bertz CT molecular complexity index is 1010. The monoisotopic (exact) mass is 314 g/mol. The average molecular weight is 314 g/mol. The number of benzene rings is 4. The van der Waals surface area contributed by atoms with Crippen molar-refractivity contribution in [3.05, 3.63) is 60.2 Å². The van der Waals surface area contributed by atoms with Gasteiger partial charge in [-0.15, -0.1) is 0 Å². The van der Waals surface area contributed by atoms with Crippen LogP contribution >= 0.6 is 0 Å². The van der Waals surface area contributed by atoms with E-state index in [-0.39, 0.29) is 5.41 Å². The Hall–Kier alpha value is -2.08. The van der Waals surface area contributed by atoms with Crippen molar-refractivity contribution in [1.82, 2.24) is 0 Å². The molecule has 0 saturated carbocycles. The maximum Gasteiger partial charge on any atom is -0.00238 e. The Morgan fingerprint density at radius 1 is 0.625 bits per heavy atom. The first-order valence-corrected chi connectivity index (χ1v) is 8.93. The smallest absolute Gasteiger partial charge is 0.00238 e. The van der Waals surface area contributed by atoms with Crippen LogP contribution in [0.1, 0.15) is 46.6 Å². The SMILES string of the molecule is CC(C)(C)CC(C)(C)c1ccc2ccc3cccc4ccc1c2c34. The quantitative estimate of drug-likeness (QED) is 0.340. The van der Waals surface area contributed by atoms with Gasteiger partial charge in [0.2, 0.25) is 0 Å². The third-order valence-corrected chi connectivity index (χ3v) is 5.23. The minimum Gasteiger partial charge on any atom is -0.0610 e. The highest BCUT2D eigenvalue weighted by Gasteiger charge is 2.29. The second kappa shape index (κ2) is 4.96. The predicted octanol–water partition coefficient (Wildman–Crippen LogP) is 7.30. The molecule has 0 atom stereocenters. The largest absolute Gasteiger partial charge is 0.0610 e. The highest BCUT2D eigenvalue weighted by Crippen LogP contribution is 2.43. The fourth-order valence-electron chi connectivity index (χ4n) is 4.75. The molecule has 0 aliphatic heterocycles. The van der Waals surface area contributed by atoms with Gasteiger partial charge in [0.25, 0.3) is 0 Å². The molecule has 0 N–H and O–H groups in total. The highest BCUT2D eigenvalue weighted by atomic mass is 14.3. The molecular formula is C24H26. The van der Waals surface area contributed by atoms with E-state index >= 15 is 0 Å². The number of rotatable bonds is 2. The van der Waals surface area contributed by atoms with E-state index in [4.69, 9.17) is 0 Å². The Kier molecular flexibility index (Phi) is 3.19. The maximum atomic E-state index is 2.39. The van der Waals surface area contributed by atoms with Crippen LogP contribution in [0.15, 0.2) is 54.6 Å². The van der Waals surface area contributed by atoms with Crippen molar-refractivity contribution in [3.63, 3.8) is 0 Å². The third-order valence-electron chi connectivity index (χ3n) is 5.23. The first-order valence-electron chi connectivity index (χ1n) is 8.93. The average Bonchev–Trinajstić information content (AvgIpc) is 2.50. The fourth-order valence-corrected chi connectivity index (χ4v) is 4.75. The molecule has 0 fully saturated rings. The van der Waals surface area contributed by atoms with Gasteiger partial charge in [-0.2, -0.15) is 0 Å². The summed E-state index contributed by atoms with van der Waals surface area (Å²) in [6, 6.07) is 20.4. The van der Waals surface area contributed by atoms with Gasteiger partial charge in [-0.05, 0) is 55.1 Å². The molecule has 0 unspecified atom stereocenters. The molecule has 122 valence electrons. The van der Waals surface area contributed by atoms with E-state index in [1.807, 2.05) is 0 Å². The lowest BCUT2D eigenvalue weighted by atomic mass is 9.70. The summed E-state index contributed by atoms with van der Waals surface area (Å²) in [6.07, 6.45) is 1.17. The van der Waals surface area contributed by atoms with Gasteiger partial charge in [0.05, 0.1) is 0 Å². The fraction of sp³-hybridized carbons (Fsp3) is 0.333. The van der Waals surface area contributed by atoms with E-state index in [1.165, 1.54) is 44.3 Å². The summed E-state index contributed by atoms with van der Waals surface area (Å²) >= 11 is 0. The summed E-state index contributed by atoms with van der Waals surface area (Å²) in [5, 5.41) is 8.31. The van der Waals surface area contributed by atoms with Gasteiger partial charge in [0.15, 0.2) is 0 Å². The molecule has 0 aliphatic rings. The van der Waals surface area contributed by atoms with Crippen LogP contribution in [0.5, 0.6) is 0 Å². The van der Waals surface area contributed by atoms with Crippen molar-refractivity contribution >= 4 is 32.3 Å². The highest BCUT2D eigenvalue weighted by molar-refractivity contribution is 6.23. The summed E-state index contributed by atoms with van der Waals surface area (Å²) in [6.45, 7) is 11.8. The third kappa shape index (κ3) is 2.36. The van der Waals surface area contributed by atoms with Crippen LogP contribution < -0.4 is 0 Å². The van der Waals surface area contributed by atoms with Crippen molar-refractivity contribution < 1.29 is 0 Å². The minimum atomic E-state index is 0.153. The molecule has 0 bridgehead atoms. The van der Waals surface area contributed by atoms with Crippen LogP contribution in [0.2, 0.25) is 0 Å². The molecule has 0 saturated heterocycles. The zero-order valence-corrected chi connectivity index (χ0v) is 15.4. The van der Waals surface area contributed by atoms with Gasteiger partial charge in [-0.1, -0.05) is 89.2 Å². The molecule has 24 heavy (non-hydrogen) atoms. The number of hydrogen-bond acceptors (Lipinski definition) is 0. The Labute approximate surface area is 144 Å². The summed E-state index contributed by atoms with van der Waals surface area (Å²) in [4.78, 5) is 0. The molecule has 0 spiro atoms. The first-order chi connectivity index (χ1) is 11.3. The van der Waals surface area contributed by atoms with Crippen LogP contribution in [0.25, 0.3) is 32.3 Å². The molecule has 0 heteroatoms. The molecular weight excluding hydrogens is 288 g/mol. The molecule has 0 amide bonds. The van der Waals surface area contributed by atoms with E-state index in [9.17, 15) is 0 Å².